The van der Waals surface area contributed by atoms with Gasteiger partial charge in [-0.25, -0.2) is 0 Å². The van der Waals surface area contributed by atoms with E-state index in [1.807, 2.05) is 12.5 Å². The Bertz CT molecular complexity index is 161. The van der Waals surface area contributed by atoms with Gasteiger partial charge in [0.1, 0.15) is 0 Å². The van der Waals surface area contributed by atoms with Gasteiger partial charge < -0.3 is 5.11 Å². The Hall–Kier alpha value is 1.15. The summed E-state index contributed by atoms with van der Waals surface area (Å²) in [5.41, 5.74) is 0. The number of halogens is 1. The summed E-state index contributed by atoms with van der Waals surface area (Å²) in [5.74, 6) is 1.34. The van der Waals surface area contributed by atoms with E-state index in [-0.39, 0.29) is 5.75 Å². The summed E-state index contributed by atoms with van der Waals surface area (Å²) in [6.07, 6.45) is 9.06. The molecule has 0 atom stereocenters. The number of rotatable bonds is 8. The minimum atomic E-state index is -0.702. The first-order valence-corrected chi connectivity index (χ1v) is 11.5. The standard InChI is InChI=1S/C10H20O2S.C2H6S.ClH.Pt/c1-9(2)6-4-3-5-7-13-8-10(11)12;1-3-2;;/h9H,3-8H2,1-2H3,(H,11,12);1-2H3;1H;/q;;;+1/p-1. The van der Waals surface area contributed by atoms with Crippen LogP contribution in [-0.2, 0) is 23.6 Å². The van der Waals surface area contributed by atoms with Crippen molar-refractivity contribution in [1.29, 1.82) is 0 Å². The molecule has 1 N–H and O–H groups in total. The Morgan fingerprint density at radius 1 is 1.22 bits per heavy atom. The van der Waals surface area contributed by atoms with Crippen molar-refractivity contribution >= 4 is 38.9 Å². The fraction of sp³-hybridized carbons (Fsp3) is 0.917. The topological polar surface area (TPSA) is 37.3 Å². The average molecular weight is 497 g/mol. The summed E-state index contributed by atoms with van der Waals surface area (Å²) in [6, 6.07) is 0. The van der Waals surface area contributed by atoms with Gasteiger partial charge in [0.05, 0.1) is 5.75 Å². The first kappa shape index (κ1) is 24.2. The monoisotopic (exact) mass is 496 g/mol. The Morgan fingerprint density at radius 3 is 2.11 bits per heavy atom. The number of thioether (sulfide) groups is 2. The van der Waals surface area contributed by atoms with Crippen molar-refractivity contribution in [1.82, 2.24) is 0 Å². The van der Waals surface area contributed by atoms with Crippen LogP contribution in [0.15, 0.2) is 0 Å². The molecule has 0 spiro atoms. The molecule has 2 nitrogen and oxygen atoms in total. The van der Waals surface area contributed by atoms with E-state index in [0.29, 0.717) is 0 Å². The van der Waals surface area contributed by atoms with Crippen LogP contribution in [0.25, 0.3) is 0 Å². The number of unbranched alkanes of at least 4 members (excludes halogenated alkanes) is 2. The molecule has 115 valence electrons. The van der Waals surface area contributed by atoms with E-state index < -0.39 is 5.97 Å². The van der Waals surface area contributed by atoms with E-state index in [4.69, 9.17) is 5.11 Å². The first-order chi connectivity index (χ1) is 8.54. The second-order valence-corrected chi connectivity index (χ2v) is 6.02. The Morgan fingerprint density at radius 2 is 1.72 bits per heavy atom. The third-order valence-electron chi connectivity index (χ3n) is 1.80. The maximum absolute atomic E-state index is 10.2. The third-order valence-corrected chi connectivity index (χ3v) is 2.82. The van der Waals surface area contributed by atoms with Gasteiger partial charge in [-0.05, 0) is 30.6 Å². The molecule has 0 aliphatic carbocycles. The van der Waals surface area contributed by atoms with E-state index in [1.54, 1.807) is 30.5 Å². The van der Waals surface area contributed by atoms with E-state index in [2.05, 4.69) is 23.3 Å². The quantitative estimate of drug-likeness (QED) is 0.495. The second kappa shape index (κ2) is 23.3. The maximum atomic E-state index is 10.2. The number of aliphatic carboxylic acids is 1. The molecule has 0 aromatic heterocycles. The van der Waals surface area contributed by atoms with Crippen molar-refractivity contribution in [3.05, 3.63) is 0 Å². The van der Waals surface area contributed by atoms with Crippen LogP contribution >= 0.6 is 32.9 Å². The van der Waals surface area contributed by atoms with E-state index >= 15 is 0 Å². The van der Waals surface area contributed by atoms with E-state index in [0.717, 1.165) is 18.1 Å². The molecular weight excluding hydrogens is 471 g/mol. The Balaban J connectivity index is -0.000000389. The summed E-state index contributed by atoms with van der Waals surface area (Å²) in [4.78, 5) is 10.2. The molecule has 0 saturated heterocycles. The van der Waals surface area contributed by atoms with Gasteiger partial charge in [-0.1, -0.05) is 33.1 Å². The van der Waals surface area contributed by atoms with Gasteiger partial charge in [-0.3, -0.25) is 4.79 Å². The predicted molar refractivity (Wildman–Crippen MR) is 83.6 cm³/mol. The van der Waals surface area contributed by atoms with Gasteiger partial charge in [0.25, 0.3) is 0 Å². The molecule has 0 aliphatic rings. The van der Waals surface area contributed by atoms with Crippen LogP contribution in [-0.4, -0.2) is 35.1 Å². The van der Waals surface area contributed by atoms with Crippen molar-refractivity contribution in [3.63, 3.8) is 0 Å². The number of carboxylic acid groups (broad SMARTS) is 1. The van der Waals surface area contributed by atoms with Crippen molar-refractivity contribution < 1.29 is 28.7 Å². The summed E-state index contributed by atoms with van der Waals surface area (Å²) < 4.78 is 0. The number of carbonyl (C=O) groups is 1. The average Bonchev–Trinajstić information content (AvgIpc) is 2.31. The summed E-state index contributed by atoms with van der Waals surface area (Å²) in [6.45, 7) is 4.47. The molecular formula is C12H26ClO2PtS2. The number of hydrogen-bond acceptors (Lipinski definition) is 3. The van der Waals surface area contributed by atoms with Gasteiger partial charge in [-0.2, -0.15) is 23.5 Å². The summed E-state index contributed by atoms with van der Waals surface area (Å²) in [7, 11) is 4.61. The zero-order valence-electron chi connectivity index (χ0n) is 11.7. The molecule has 0 aromatic rings. The van der Waals surface area contributed by atoms with Gasteiger partial charge >= 0.3 is 34.2 Å². The first-order valence-electron chi connectivity index (χ1n) is 5.86. The molecule has 18 heavy (non-hydrogen) atoms. The SMILES string of the molecule is CC(C)CCCCCSCC(=O)O.CSC.[Cl][Pt]. The fourth-order valence-electron chi connectivity index (χ4n) is 1.09. The molecule has 0 saturated carbocycles. The number of carboxylic acids is 1. The molecule has 0 radical (unpaired) electrons. The predicted octanol–water partition coefficient (Wildman–Crippen LogP) is 4.69. The molecule has 0 amide bonds. The number of hydrogen-bond donors (Lipinski definition) is 1. The van der Waals surface area contributed by atoms with Crippen LogP contribution in [0.2, 0.25) is 0 Å². The zero-order chi connectivity index (χ0) is 14.8. The van der Waals surface area contributed by atoms with Crippen LogP contribution in [0, 0.1) is 5.92 Å². The summed E-state index contributed by atoms with van der Waals surface area (Å²) in [5, 5.41) is 8.37. The molecule has 0 aliphatic heterocycles. The fourth-order valence-corrected chi connectivity index (χ4v) is 1.82. The molecule has 6 heteroatoms. The Labute approximate surface area is 136 Å². The summed E-state index contributed by atoms with van der Waals surface area (Å²) >= 11 is 4.88. The van der Waals surface area contributed by atoms with Gasteiger partial charge in [0, 0.05) is 0 Å². The van der Waals surface area contributed by atoms with E-state index in [9.17, 15) is 4.79 Å². The zero-order valence-corrected chi connectivity index (χ0v) is 16.3. The van der Waals surface area contributed by atoms with Crippen LogP contribution in [0.1, 0.15) is 39.5 Å². The van der Waals surface area contributed by atoms with Crippen LogP contribution in [0.4, 0.5) is 0 Å². The van der Waals surface area contributed by atoms with Crippen LogP contribution < -0.4 is 0 Å². The van der Waals surface area contributed by atoms with Crippen molar-refractivity contribution in [2.45, 2.75) is 39.5 Å². The molecule has 0 aromatic carbocycles. The molecule has 0 bridgehead atoms. The van der Waals surface area contributed by atoms with Gasteiger partial charge in [-0.15, -0.1) is 0 Å². The van der Waals surface area contributed by atoms with Crippen LogP contribution in [0.5, 0.6) is 0 Å². The van der Waals surface area contributed by atoms with Crippen LogP contribution in [0.3, 0.4) is 0 Å². The second-order valence-electron chi connectivity index (χ2n) is 4.10. The van der Waals surface area contributed by atoms with Gasteiger partial charge in [0.15, 0.2) is 0 Å². The Kier molecular flexibility index (Phi) is 31.2. The van der Waals surface area contributed by atoms with Crippen molar-refractivity contribution in [3.8, 4) is 0 Å². The van der Waals surface area contributed by atoms with Gasteiger partial charge in [0.2, 0.25) is 0 Å². The van der Waals surface area contributed by atoms with Crippen molar-refractivity contribution in [2.75, 3.05) is 24.0 Å². The molecule has 0 unspecified atom stereocenters. The molecule has 0 heterocycles. The minimum absolute atomic E-state index is 0.254. The van der Waals surface area contributed by atoms with E-state index in [1.165, 1.54) is 31.0 Å². The third kappa shape index (κ3) is 36.0. The molecule has 0 fully saturated rings. The normalized spacial score (nSPS) is 9.11. The molecule has 0 rings (SSSR count). The van der Waals surface area contributed by atoms with Crippen molar-refractivity contribution in [2.24, 2.45) is 5.92 Å².